The third-order valence-corrected chi connectivity index (χ3v) is 4.47. The first-order chi connectivity index (χ1) is 10.0. The molecule has 0 bridgehead atoms. The average Bonchev–Trinajstić information content (AvgIpc) is 2.70. The van der Waals surface area contributed by atoms with Crippen LogP contribution in [0.25, 0.3) is 0 Å². The van der Waals surface area contributed by atoms with Crippen LogP contribution in [0.1, 0.15) is 34.8 Å². The zero-order chi connectivity index (χ0) is 15.0. The van der Waals surface area contributed by atoms with Crippen LogP contribution < -0.4 is 4.74 Å². The summed E-state index contributed by atoms with van der Waals surface area (Å²) in [5.74, 6) is 1.03. The molecule has 21 heavy (non-hydrogen) atoms. The third-order valence-electron chi connectivity index (χ3n) is 4.24. The molecule has 0 aliphatic heterocycles. The van der Waals surface area contributed by atoms with Crippen molar-refractivity contribution < 1.29 is 9.53 Å². The normalized spacial score (nSPS) is 20.4. The maximum absolute atomic E-state index is 12.2. The molecule has 0 unspecified atom stereocenters. The molecule has 0 saturated heterocycles. The number of hydrogen-bond acceptors (Lipinski definition) is 2. The van der Waals surface area contributed by atoms with Gasteiger partial charge >= 0.3 is 0 Å². The lowest BCUT2D eigenvalue weighted by Gasteiger charge is -2.25. The molecule has 1 aliphatic carbocycles. The molecule has 0 spiro atoms. The highest BCUT2D eigenvalue weighted by molar-refractivity contribution is 6.31. The number of methoxy groups -OCH3 is 1. The summed E-state index contributed by atoms with van der Waals surface area (Å²) in [4.78, 5) is 12.2. The van der Waals surface area contributed by atoms with Crippen molar-refractivity contribution >= 4 is 17.4 Å². The van der Waals surface area contributed by atoms with E-state index in [-0.39, 0.29) is 11.2 Å². The van der Waals surface area contributed by atoms with Crippen molar-refractivity contribution in [2.75, 3.05) is 7.11 Å². The maximum atomic E-state index is 12.2. The van der Waals surface area contributed by atoms with E-state index in [1.54, 1.807) is 13.2 Å². The maximum Gasteiger partial charge on any atom is 0.164 e. The fourth-order valence-electron chi connectivity index (χ4n) is 3.17. The molecule has 0 saturated carbocycles. The van der Waals surface area contributed by atoms with Crippen LogP contribution in [0.5, 0.6) is 5.75 Å². The Kier molecular flexibility index (Phi) is 3.50. The van der Waals surface area contributed by atoms with E-state index in [0.717, 1.165) is 23.3 Å². The highest BCUT2D eigenvalue weighted by Gasteiger charge is 2.39. The molecule has 3 rings (SSSR count). The molecule has 2 aromatic rings. The minimum absolute atomic E-state index is 0.161. The number of fused-ring (bicyclic) bond motifs is 1. The van der Waals surface area contributed by atoms with Gasteiger partial charge in [0.2, 0.25) is 0 Å². The Morgan fingerprint density at radius 2 is 1.90 bits per heavy atom. The van der Waals surface area contributed by atoms with E-state index in [2.05, 4.69) is 19.1 Å². The van der Waals surface area contributed by atoms with E-state index in [9.17, 15) is 4.79 Å². The van der Waals surface area contributed by atoms with Crippen LogP contribution in [0.3, 0.4) is 0 Å². The lowest BCUT2D eigenvalue weighted by atomic mass is 9.78. The van der Waals surface area contributed by atoms with E-state index in [1.807, 2.05) is 24.3 Å². The fourth-order valence-corrected chi connectivity index (χ4v) is 3.34. The summed E-state index contributed by atoms with van der Waals surface area (Å²) in [6, 6.07) is 13.7. The van der Waals surface area contributed by atoms with Crippen molar-refractivity contribution in [2.45, 2.75) is 25.2 Å². The summed E-state index contributed by atoms with van der Waals surface area (Å²) < 4.78 is 5.18. The predicted molar refractivity (Wildman–Crippen MR) is 84.4 cm³/mol. The average molecular weight is 301 g/mol. The summed E-state index contributed by atoms with van der Waals surface area (Å²) in [6.45, 7) is 2.15. The first-order valence-electron chi connectivity index (χ1n) is 6.98. The Bertz CT molecular complexity index is 691. The van der Waals surface area contributed by atoms with Crippen molar-refractivity contribution in [2.24, 2.45) is 0 Å². The number of benzene rings is 2. The molecular formula is C18H17ClO2. The van der Waals surface area contributed by atoms with Gasteiger partial charge in [0, 0.05) is 22.4 Å². The molecule has 2 aromatic carbocycles. The largest absolute Gasteiger partial charge is 0.497 e. The van der Waals surface area contributed by atoms with Gasteiger partial charge in [-0.15, -0.1) is 0 Å². The standard InChI is InChI=1S/C18H17ClO2/c1-18(10-12-3-6-14(21-2)7-4-12)11-17(20)15-9-13(19)5-8-16(15)18/h3-9H,10-11H2,1-2H3/t18-/m1/s1. The molecule has 0 radical (unpaired) electrons. The van der Waals surface area contributed by atoms with Gasteiger partial charge in [-0.1, -0.05) is 36.7 Å². The van der Waals surface area contributed by atoms with E-state index in [1.165, 1.54) is 5.56 Å². The minimum atomic E-state index is -0.161. The molecule has 0 aromatic heterocycles. The van der Waals surface area contributed by atoms with Gasteiger partial charge in [-0.05, 0) is 41.8 Å². The molecule has 3 heteroatoms. The molecule has 2 nitrogen and oxygen atoms in total. The molecule has 0 heterocycles. The van der Waals surface area contributed by atoms with Crippen LogP contribution in [0.2, 0.25) is 5.02 Å². The molecule has 1 aliphatic rings. The highest BCUT2D eigenvalue weighted by atomic mass is 35.5. The number of ether oxygens (including phenoxy) is 1. The van der Waals surface area contributed by atoms with Gasteiger partial charge in [0.25, 0.3) is 0 Å². The molecule has 0 amide bonds. The molecule has 1 atom stereocenters. The second kappa shape index (κ2) is 5.19. The monoisotopic (exact) mass is 300 g/mol. The SMILES string of the molecule is COc1ccc(C[C@]2(C)CC(=O)c3cc(Cl)ccc32)cc1. The van der Waals surface area contributed by atoms with E-state index in [0.29, 0.717) is 11.4 Å². The number of carbonyl (C=O) groups is 1. The number of carbonyl (C=O) groups excluding carboxylic acids is 1. The molecular weight excluding hydrogens is 284 g/mol. The van der Waals surface area contributed by atoms with Crippen molar-refractivity contribution in [3.63, 3.8) is 0 Å². The van der Waals surface area contributed by atoms with Gasteiger partial charge in [-0.3, -0.25) is 4.79 Å². The first kappa shape index (κ1) is 14.2. The predicted octanol–water partition coefficient (Wildman–Crippen LogP) is 4.44. The van der Waals surface area contributed by atoms with E-state index in [4.69, 9.17) is 16.3 Å². The van der Waals surface area contributed by atoms with Gasteiger partial charge in [0.05, 0.1) is 7.11 Å². The summed E-state index contributed by atoms with van der Waals surface area (Å²) in [5.41, 5.74) is 2.92. The van der Waals surface area contributed by atoms with Gasteiger partial charge in [-0.25, -0.2) is 0 Å². The van der Waals surface area contributed by atoms with Crippen molar-refractivity contribution in [3.05, 3.63) is 64.2 Å². The quantitative estimate of drug-likeness (QED) is 0.838. The third kappa shape index (κ3) is 2.56. The lowest BCUT2D eigenvalue weighted by Crippen LogP contribution is -2.22. The van der Waals surface area contributed by atoms with Crippen molar-refractivity contribution in [1.29, 1.82) is 0 Å². The van der Waals surface area contributed by atoms with Crippen LogP contribution >= 0.6 is 11.6 Å². The van der Waals surface area contributed by atoms with Gasteiger partial charge in [0.15, 0.2) is 5.78 Å². The zero-order valence-corrected chi connectivity index (χ0v) is 12.9. The number of Topliss-reactive ketones (excluding diaryl/α,β-unsaturated/α-hetero) is 1. The van der Waals surface area contributed by atoms with Crippen LogP contribution in [-0.4, -0.2) is 12.9 Å². The van der Waals surface area contributed by atoms with Gasteiger partial charge in [0.1, 0.15) is 5.75 Å². The Morgan fingerprint density at radius 3 is 2.57 bits per heavy atom. The Morgan fingerprint density at radius 1 is 1.19 bits per heavy atom. The second-order valence-electron chi connectivity index (χ2n) is 5.88. The number of hydrogen-bond donors (Lipinski definition) is 0. The minimum Gasteiger partial charge on any atom is -0.497 e. The lowest BCUT2D eigenvalue weighted by molar-refractivity contribution is 0.0976. The fraction of sp³-hybridized carbons (Fsp3) is 0.278. The number of ketones is 1. The summed E-state index contributed by atoms with van der Waals surface area (Å²) >= 11 is 6.01. The summed E-state index contributed by atoms with van der Waals surface area (Å²) in [5, 5.41) is 0.621. The molecule has 0 N–H and O–H groups in total. The Balaban J connectivity index is 1.93. The van der Waals surface area contributed by atoms with Gasteiger partial charge in [-0.2, -0.15) is 0 Å². The van der Waals surface area contributed by atoms with Crippen LogP contribution in [0.4, 0.5) is 0 Å². The summed E-state index contributed by atoms with van der Waals surface area (Å²) in [7, 11) is 1.66. The van der Waals surface area contributed by atoms with Crippen LogP contribution in [-0.2, 0) is 11.8 Å². The topological polar surface area (TPSA) is 26.3 Å². The van der Waals surface area contributed by atoms with Crippen molar-refractivity contribution in [1.82, 2.24) is 0 Å². The Labute approximate surface area is 129 Å². The Hall–Kier alpha value is -1.80. The van der Waals surface area contributed by atoms with E-state index >= 15 is 0 Å². The molecule has 0 fully saturated rings. The number of halogens is 1. The summed E-state index contributed by atoms with van der Waals surface area (Å²) in [6.07, 6.45) is 1.37. The van der Waals surface area contributed by atoms with Crippen molar-refractivity contribution in [3.8, 4) is 5.75 Å². The zero-order valence-electron chi connectivity index (χ0n) is 12.2. The van der Waals surface area contributed by atoms with E-state index < -0.39 is 0 Å². The molecule has 108 valence electrons. The van der Waals surface area contributed by atoms with Gasteiger partial charge < -0.3 is 4.74 Å². The van der Waals surface area contributed by atoms with Crippen LogP contribution in [0.15, 0.2) is 42.5 Å². The smallest absolute Gasteiger partial charge is 0.164 e. The first-order valence-corrected chi connectivity index (χ1v) is 7.36. The number of rotatable bonds is 3. The second-order valence-corrected chi connectivity index (χ2v) is 6.31. The highest BCUT2D eigenvalue weighted by Crippen LogP contribution is 2.42. The van der Waals surface area contributed by atoms with Crippen LogP contribution in [0, 0.1) is 0 Å².